The van der Waals surface area contributed by atoms with Gasteiger partial charge >= 0.3 is 11.9 Å². The van der Waals surface area contributed by atoms with Gasteiger partial charge in [0.25, 0.3) is 0 Å². The zero-order valence-electron chi connectivity index (χ0n) is 14.1. The molecule has 0 aromatic heterocycles. The maximum atomic E-state index is 12.8. The number of fused-ring (bicyclic) bond motifs is 2. The molecule has 6 aliphatic rings. The molecule has 1 heterocycles. The molecule has 1 spiro atoms. The normalized spacial score (nSPS) is 55.5. The average Bonchev–Trinajstić information content (AvgIpc) is 2.92. The maximum Gasteiger partial charge on any atom is 0.315 e. The molecule has 0 radical (unpaired) electrons. The number of esters is 1. The highest BCUT2D eigenvalue weighted by Crippen LogP contribution is 2.77. The van der Waals surface area contributed by atoms with Crippen LogP contribution in [-0.4, -0.2) is 45.1 Å². The minimum Gasteiger partial charge on any atom is -0.481 e. The Morgan fingerprint density at radius 1 is 1.32 bits per heavy atom. The Morgan fingerprint density at radius 2 is 2.04 bits per heavy atom. The van der Waals surface area contributed by atoms with Gasteiger partial charge in [-0.25, -0.2) is 0 Å². The van der Waals surface area contributed by atoms with Crippen LogP contribution in [0, 0.1) is 28.6 Å². The summed E-state index contributed by atoms with van der Waals surface area (Å²) in [5.41, 5.74) is -1.87. The summed E-state index contributed by atoms with van der Waals surface area (Å²) in [5.74, 6) is -3.16. The van der Waals surface area contributed by atoms with Crippen molar-refractivity contribution >= 4 is 11.9 Å². The number of aliphatic hydroxyl groups excluding tert-OH is 2. The molecule has 6 heteroatoms. The molecule has 4 bridgehead atoms. The standard InChI is InChI=1S/C19H22O6/c1-8-9-3-5-18(14(8)21)10(7-9)12(15(22)23)13-17(2)11(20)4-6-19(13,18)25-16(17)24/h7,9,11-14,20-21H,1,3-6H2,2H3,(H,22,23)/t9-,11-,12-,13-,14+,17+,18-,19+/m1/s1. The van der Waals surface area contributed by atoms with Crippen molar-refractivity contribution in [2.24, 2.45) is 28.6 Å². The van der Waals surface area contributed by atoms with Gasteiger partial charge in [-0.1, -0.05) is 12.7 Å². The Kier molecular flexibility index (Phi) is 2.60. The first-order chi connectivity index (χ1) is 11.7. The van der Waals surface area contributed by atoms with Gasteiger partial charge in [-0.05, 0) is 43.8 Å². The van der Waals surface area contributed by atoms with E-state index in [0.717, 1.165) is 6.42 Å². The fraction of sp³-hybridized carbons (Fsp3) is 0.684. The molecule has 5 aliphatic carbocycles. The lowest BCUT2D eigenvalue weighted by molar-refractivity contribution is -0.174. The number of carboxylic acid groups (broad SMARTS) is 1. The van der Waals surface area contributed by atoms with Gasteiger partial charge < -0.3 is 20.1 Å². The largest absolute Gasteiger partial charge is 0.481 e. The summed E-state index contributed by atoms with van der Waals surface area (Å²) < 4.78 is 5.95. The maximum absolute atomic E-state index is 12.8. The SMILES string of the molecule is C=C1[C@H]2C=C3[C@@H](C(=O)O)[C@@H]4[C@@]5(C)C(=O)O[C@]4(CC[C@H]5O)[C@@]3(CC2)[C@H]1O. The third kappa shape index (κ3) is 1.30. The van der Waals surface area contributed by atoms with Crippen LogP contribution in [0.5, 0.6) is 0 Å². The minimum atomic E-state index is -1.26. The van der Waals surface area contributed by atoms with Gasteiger partial charge in [0.05, 0.1) is 29.0 Å². The number of hydrogen-bond donors (Lipinski definition) is 3. The highest BCUT2D eigenvalue weighted by atomic mass is 16.6. The quantitative estimate of drug-likeness (QED) is 0.484. The minimum absolute atomic E-state index is 0.0303. The number of carbonyl (C=O) groups excluding carboxylic acids is 1. The molecule has 8 atom stereocenters. The van der Waals surface area contributed by atoms with E-state index in [2.05, 4.69) is 6.58 Å². The fourth-order valence-electron chi connectivity index (χ4n) is 6.96. The highest BCUT2D eigenvalue weighted by Gasteiger charge is 2.84. The summed E-state index contributed by atoms with van der Waals surface area (Å²) in [4.78, 5) is 25.0. The molecule has 4 fully saturated rings. The Morgan fingerprint density at radius 3 is 2.72 bits per heavy atom. The van der Waals surface area contributed by atoms with Crippen molar-refractivity contribution in [3.05, 3.63) is 23.8 Å². The smallest absolute Gasteiger partial charge is 0.315 e. The van der Waals surface area contributed by atoms with Gasteiger partial charge in [-0.15, -0.1) is 0 Å². The molecule has 1 saturated heterocycles. The molecule has 6 rings (SSSR count). The summed E-state index contributed by atoms with van der Waals surface area (Å²) in [7, 11) is 0. The van der Waals surface area contributed by atoms with E-state index in [4.69, 9.17) is 4.74 Å². The molecule has 134 valence electrons. The van der Waals surface area contributed by atoms with E-state index in [0.29, 0.717) is 30.4 Å². The number of rotatable bonds is 1. The van der Waals surface area contributed by atoms with Crippen LogP contribution in [0.3, 0.4) is 0 Å². The van der Waals surface area contributed by atoms with Crippen LogP contribution in [0.25, 0.3) is 0 Å². The Balaban J connectivity index is 1.85. The first-order valence-electron chi connectivity index (χ1n) is 8.95. The monoisotopic (exact) mass is 346 g/mol. The van der Waals surface area contributed by atoms with Crippen LogP contribution in [-0.2, 0) is 14.3 Å². The van der Waals surface area contributed by atoms with Crippen LogP contribution in [0.15, 0.2) is 23.8 Å². The summed E-state index contributed by atoms with van der Waals surface area (Å²) >= 11 is 0. The van der Waals surface area contributed by atoms with Crippen LogP contribution in [0.1, 0.15) is 32.6 Å². The van der Waals surface area contributed by atoms with Gasteiger partial charge in [0.15, 0.2) is 0 Å². The van der Waals surface area contributed by atoms with Crippen molar-refractivity contribution in [2.75, 3.05) is 0 Å². The van der Waals surface area contributed by atoms with E-state index in [1.807, 2.05) is 6.08 Å². The van der Waals surface area contributed by atoms with Crippen molar-refractivity contribution in [3.63, 3.8) is 0 Å². The van der Waals surface area contributed by atoms with Crippen molar-refractivity contribution in [3.8, 4) is 0 Å². The summed E-state index contributed by atoms with van der Waals surface area (Å²) in [6.45, 7) is 5.67. The second kappa shape index (κ2) is 4.18. The lowest BCUT2D eigenvalue weighted by Crippen LogP contribution is -2.61. The van der Waals surface area contributed by atoms with Gasteiger partial charge in [0, 0.05) is 11.8 Å². The van der Waals surface area contributed by atoms with E-state index in [1.54, 1.807) is 6.92 Å². The molecule has 3 saturated carbocycles. The van der Waals surface area contributed by atoms with Crippen LogP contribution >= 0.6 is 0 Å². The molecule has 0 aromatic rings. The predicted octanol–water partition coefficient (Wildman–Crippen LogP) is 1.03. The number of aliphatic hydroxyl groups is 2. The lowest BCUT2D eigenvalue weighted by Gasteiger charge is -2.56. The van der Waals surface area contributed by atoms with E-state index in [9.17, 15) is 24.9 Å². The van der Waals surface area contributed by atoms with Crippen molar-refractivity contribution in [2.45, 2.75) is 50.4 Å². The molecule has 1 aliphatic heterocycles. The zero-order valence-corrected chi connectivity index (χ0v) is 14.1. The van der Waals surface area contributed by atoms with E-state index < -0.39 is 52.4 Å². The number of allylic oxidation sites excluding steroid dienone is 1. The summed E-state index contributed by atoms with van der Waals surface area (Å²) in [5, 5.41) is 31.7. The highest BCUT2D eigenvalue weighted by molar-refractivity contribution is 5.87. The first kappa shape index (κ1) is 15.6. The number of aliphatic carboxylic acids is 1. The zero-order chi connectivity index (χ0) is 17.9. The van der Waals surface area contributed by atoms with Crippen LogP contribution in [0.4, 0.5) is 0 Å². The third-order valence-electron chi connectivity index (χ3n) is 8.07. The van der Waals surface area contributed by atoms with Gasteiger partial charge in [0.1, 0.15) is 5.60 Å². The third-order valence-corrected chi connectivity index (χ3v) is 8.07. The summed E-state index contributed by atoms with van der Waals surface area (Å²) in [6.07, 6.45) is 2.20. The van der Waals surface area contributed by atoms with Crippen molar-refractivity contribution in [1.82, 2.24) is 0 Å². The van der Waals surface area contributed by atoms with Crippen molar-refractivity contribution in [1.29, 1.82) is 0 Å². The van der Waals surface area contributed by atoms with Crippen LogP contribution in [0.2, 0.25) is 0 Å². The molecule has 3 N–H and O–H groups in total. The van der Waals surface area contributed by atoms with Gasteiger partial charge in [-0.2, -0.15) is 0 Å². The molecular formula is C19H22O6. The molecule has 25 heavy (non-hydrogen) atoms. The molecular weight excluding hydrogens is 324 g/mol. The van der Waals surface area contributed by atoms with Crippen LogP contribution < -0.4 is 0 Å². The van der Waals surface area contributed by atoms with E-state index in [-0.39, 0.29) is 5.92 Å². The summed E-state index contributed by atoms with van der Waals surface area (Å²) in [6, 6.07) is 0. The molecule has 6 nitrogen and oxygen atoms in total. The Hall–Kier alpha value is -1.66. The topological polar surface area (TPSA) is 104 Å². The molecule has 0 amide bonds. The Bertz CT molecular complexity index is 770. The predicted molar refractivity (Wildman–Crippen MR) is 85.2 cm³/mol. The Labute approximate surface area is 145 Å². The average molecular weight is 346 g/mol. The second-order valence-electron chi connectivity index (χ2n) is 8.63. The lowest BCUT2D eigenvalue weighted by atomic mass is 9.50. The van der Waals surface area contributed by atoms with Gasteiger partial charge in [0.2, 0.25) is 0 Å². The number of hydrogen-bond acceptors (Lipinski definition) is 5. The van der Waals surface area contributed by atoms with Gasteiger partial charge in [-0.3, -0.25) is 9.59 Å². The van der Waals surface area contributed by atoms with E-state index in [1.165, 1.54) is 0 Å². The molecule has 0 aromatic carbocycles. The number of carbonyl (C=O) groups is 2. The first-order valence-corrected chi connectivity index (χ1v) is 8.95. The number of carboxylic acids is 1. The van der Waals surface area contributed by atoms with Crippen molar-refractivity contribution < 1.29 is 29.6 Å². The fourth-order valence-corrected chi connectivity index (χ4v) is 6.96. The molecule has 0 unspecified atom stereocenters. The number of ether oxygens (including phenoxy) is 1. The second-order valence-corrected chi connectivity index (χ2v) is 8.63. The van der Waals surface area contributed by atoms with E-state index >= 15 is 0 Å².